The first-order chi connectivity index (χ1) is 11.3. The number of benzene rings is 2. The maximum Gasteiger partial charge on any atom is 0.0480 e. The highest BCUT2D eigenvalue weighted by molar-refractivity contribution is 7.97. The number of para-hydroxylation sites is 1. The van der Waals surface area contributed by atoms with Gasteiger partial charge in [-0.05, 0) is 53.6 Å². The Labute approximate surface area is 139 Å². The van der Waals surface area contributed by atoms with Crippen LogP contribution in [0.15, 0.2) is 65.8 Å². The van der Waals surface area contributed by atoms with E-state index in [2.05, 4.69) is 76.0 Å². The maximum atomic E-state index is 3.47. The Kier molecular flexibility index (Phi) is 3.85. The fourth-order valence-electron chi connectivity index (χ4n) is 3.04. The number of hydrogen-bond donors (Lipinski definition) is 2. The Bertz CT molecular complexity index is 951. The Balaban J connectivity index is 1.39. The molecule has 0 spiro atoms. The van der Waals surface area contributed by atoms with Crippen molar-refractivity contribution in [1.29, 1.82) is 0 Å². The van der Waals surface area contributed by atoms with Gasteiger partial charge in [-0.25, -0.2) is 0 Å². The van der Waals surface area contributed by atoms with Gasteiger partial charge in [0.25, 0.3) is 0 Å². The molecule has 0 saturated carbocycles. The van der Waals surface area contributed by atoms with E-state index in [1.54, 1.807) is 11.9 Å². The second kappa shape index (κ2) is 6.14. The van der Waals surface area contributed by atoms with Gasteiger partial charge in [-0.3, -0.25) is 4.72 Å². The lowest BCUT2D eigenvalue weighted by Crippen LogP contribution is -2.08. The molecular formula is C19H19N3S. The normalized spacial score (nSPS) is 11.5. The van der Waals surface area contributed by atoms with Crippen LogP contribution in [0, 0.1) is 0 Å². The van der Waals surface area contributed by atoms with Gasteiger partial charge >= 0.3 is 0 Å². The SMILES string of the molecule is Cn1cc(CCNSc2ccc3cc[nH]c3c2)c2ccccc21. The Hall–Kier alpha value is -2.17. The van der Waals surface area contributed by atoms with Crippen LogP contribution in [-0.4, -0.2) is 16.1 Å². The molecule has 0 fully saturated rings. The van der Waals surface area contributed by atoms with Crippen molar-refractivity contribution in [2.24, 2.45) is 7.05 Å². The predicted molar refractivity (Wildman–Crippen MR) is 98.8 cm³/mol. The molecule has 0 aliphatic rings. The molecule has 0 aliphatic heterocycles. The van der Waals surface area contributed by atoms with Gasteiger partial charge in [0.15, 0.2) is 0 Å². The van der Waals surface area contributed by atoms with Gasteiger partial charge < -0.3 is 9.55 Å². The monoisotopic (exact) mass is 321 g/mol. The lowest BCUT2D eigenvalue weighted by atomic mass is 10.1. The highest BCUT2D eigenvalue weighted by Gasteiger charge is 2.05. The lowest BCUT2D eigenvalue weighted by molar-refractivity contribution is 0.894. The zero-order valence-electron chi connectivity index (χ0n) is 13.0. The average Bonchev–Trinajstić information content (AvgIpc) is 3.16. The highest BCUT2D eigenvalue weighted by atomic mass is 32.2. The zero-order valence-corrected chi connectivity index (χ0v) is 13.9. The van der Waals surface area contributed by atoms with Gasteiger partial charge in [-0.2, -0.15) is 0 Å². The molecule has 0 atom stereocenters. The molecule has 116 valence electrons. The van der Waals surface area contributed by atoms with Crippen molar-refractivity contribution < 1.29 is 0 Å². The van der Waals surface area contributed by atoms with Gasteiger partial charge in [0.1, 0.15) is 0 Å². The molecule has 0 unspecified atom stereocenters. The van der Waals surface area contributed by atoms with E-state index >= 15 is 0 Å². The van der Waals surface area contributed by atoms with Crippen molar-refractivity contribution in [3.8, 4) is 0 Å². The number of aromatic nitrogens is 2. The number of fused-ring (bicyclic) bond motifs is 2. The van der Waals surface area contributed by atoms with Crippen LogP contribution < -0.4 is 4.72 Å². The van der Waals surface area contributed by atoms with Crippen molar-refractivity contribution in [3.05, 3.63) is 66.5 Å². The summed E-state index contributed by atoms with van der Waals surface area (Å²) in [5.41, 5.74) is 3.88. The first-order valence-electron chi connectivity index (χ1n) is 7.81. The van der Waals surface area contributed by atoms with Crippen LogP contribution in [0.2, 0.25) is 0 Å². The van der Waals surface area contributed by atoms with Gasteiger partial charge in [0.2, 0.25) is 0 Å². The molecule has 4 heteroatoms. The number of nitrogens with zero attached hydrogens (tertiary/aromatic N) is 1. The van der Waals surface area contributed by atoms with E-state index in [1.807, 2.05) is 6.20 Å². The van der Waals surface area contributed by atoms with E-state index in [0.29, 0.717) is 0 Å². The van der Waals surface area contributed by atoms with Crippen molar-refractivity contribution in [3.63, 3.8) is 0 Å². The highest BCUT2D eigenvalue weighted by Crippen LogP contribution is 2.22. The third kappa shape index (κ3) is 2.87. The molecule has 2 heterocycles. The van der Waals surface area contributed by atoms with Gasteiger partial charge in [-0.1, -0.05) is 24.3 Å². The van der Waals surface area contributed by atoms with Crippen LogP contribution in [0.4, 0.5) is 0 Å². The number of aryl methyl sites for hydroxylation is 1. The summed E-state index contributed by atoms with van der Waals surface area (Å²) in [6.07, 6.45) is 5.24. The fourth-order valence-corrected chi connectivity index (χ4v) is 3.72. The summed E-state index contributed by atoms with van der Waals surface area (Å²) in [6, 6.07) is 17.2. The van der Waals surface area contributed by atoms with Crippen LogP contribution >= 0.6 is 11.9 Å². The van der Waals surface area contributed by atoms with E-state index in [4.69, 9.17) is 0 Å². The molecule has 0 amide bonds. The Morgan fingerprint density at radius 1 is 1.13 bits per heavy atom. The van der Waals surface area contributed by atoms with E-state index in [1.165, 1.54) is 32.3 Å². The van der Waals surface area contributed by atoms with Crippen LogP contribution in [-0.2, 0) is 13.5 Å². The molecule has 2 N–H and O–H groups in total. The average molecular weight is 321 g/mol. The first kappa shape index (κ1) is 14.4. The van der Waals surface area contributed by atoms with Gasteiger partial charge in [-0.15, -0.1) is 0 Å². The zero-order chi connectivity index (χ0) is 15.6. The maximum absolute atomic E-state index is 3.47. The van der Waals surface area contributed by atoms with Crippen molar-refractivity contribution in [2.45, 2.75) is 11.3 Å². The summed E-state index contributed by atoms with van der Waals surface area (Å²) in [4.78, 5) is 4.49. The molecular weight excluding hydrogens is 302 g/mol. The molecule has 2 aromatic heterocycles. The Morgan fingerprint density at radius 2 is 2.04 bits per heavy atom. The number of nitrogens with one attached hydrogen (secondary N) is 2. The van der Waals surface area contributed by atoms with E-state index in [-0.39, 0.29) is 0 Å². The van der Waals surface area contributed by atoms with E-state index in [9.17, 15) is 0 Å². The second-order valence-corrected chi connectivity index (χ2v) is 6.72. The molecule has 2 aromatic carbocycles. The minimum Gasteiger partial charge on any atom is -0.361 e. The van der Waals surface area contributed by atoms with E-state index < -0.39 is 0 Å². The topological polar surface area (TPSA) is 32.8 Å². The summed E-state index contributed by atoms with van der Waals surface area (Å²) in [5, 5.41) is 2.61. The molecule has 4 aromatic rings. The van der Waals surface area contributed by atoms with Crippen LogP contribution in [0.5, 0.6) is 0 Å². The molecule has 4 rings (SSSR count). The van der Waals surface area contributed by atoms with Gasteiger partial charge in [0, 0.05) is 47.3 Å². The largest absolute Gasteiger partial charge is 0.361 e. The van der Waals surface area contributed by atoms with E-state index in [0.717, 1.165) is 13.0 Å². The number of hydrogen-bond acceptors (Lipinski definition) is 2. The third-order valence-electron chi connectivity index (χ3n) is 4.19. The standard InChI is InChI=1S/C19H19N3S/c1-22-13-15(17-4-2-3-5-19(17)22)9-11-21-23-16-7-6-14-8-10-20-18(14)12-16/h2-8,10,12-13,20-21H,9,11H2,1H3. The summed E-state index contributed by atoms with van der Waals surface area (Å²) < 4.78 is 5.68. The number of rotatable bonds is 5. The predicted octanol–water partition coefficient (Wildman–Crippen LogP) is 4.50. The first-order valence-corrected chi connectivity index (χ1v) is 8.63. The van der Waals surface area contributed by atoms with Crippen molar-refractivity contribution in [2.75, 3.05) is 6.54 Å². The van der Waals surface area contributed by atoms with Crippen molar-refractivity contribution in [1.82, 2.24) is 14.3 Å². The Morgan fingerprint density at radius 3 is 3.00 bits per heavy atom. The summed E-state index contributed by atoms with van der Waals surface area (Å²) in [5.74, 6) is 0. The van der Waals surface area contributed by atoms with Crippen LogP contribution in [0.1, 0.15) is 5.56 Å². The number of aromatic amines is 1. The molecule has 3 nitrogen and oxygen atoms in total. The molecule has 0 aliphatic carbocycles. The quantitative estimate of drug-likeness (QED) is 0.419. The fraction of sp³-hybridized carbons (Fsp3) is 0.158. The molecule has 0 bridgehead atoms. The van der Waals surface area contributed by atoms with Gasteiger partial charge in [0.05, 0.1) is 0 Å². The summed E-state index contributed by atoms with van der Waals surface area (Å²) in [6.45, 7) is 0.946. The molecule has 23 heavy (non-hydrogen) atoms. The van der Waals surface area contributed by atoms with Crippen LogP contribution in [0.3, 0.4) is 0 Å². The smallest absolute Gasteiger partial charge is 0.0480 e. The third-order valence-corrected chi connectivity index (χ3v) is 5.03. The molecule has 0 saturated heterocycles. The minimum atomic E-state index is 0.946. The van der Waals surface area contributed by atoms with Crippen LogP contribution in [0.25, 0.3) is 21.8 Å². The summed E-state index contributed by atoms with van der Waals surface area (Å²) >= 11 is 1.69. The minimum absolute atomic E-state index is 0.946. The summed E-state index contributed by atoms with van der Waals surface area (Å²) in [7, 11) is 2.11. The lowest BCUT2D eigenvalue weighted by Gasteiger charge is -2.04. The number of H-pyrrole nitrogens is 1. The second-order valence-electron chi connectivity index (χ2n) is 5.76. The molecule has 0 radical (unpaired) electrons. The van der Waals surface area contributed by atoms with Crippen molar-refractivity contribution >= 4 is 33.8 Å².